The molecule has 0 N–H and O–H groups in total. The van der Waals surface area contributed by atoms with Crippen molar-refractivity contribution in [1.82, 2.24) is 0 Å². The van der Waals surface area contributed by atoms with E-state index in [4.69, 9.17) is 4.74 Å². The summed E-state index contributed by atoms with van der Waals surface area (Å²) >= 11 is 1.30. The van der Waals surface area contributed by atoms with Gasteiger partial charge in [0.05, 0.1) is 0 Å². The van der Waals surface area contributed by atoms with Crippen LogP contribution in [0.4, 0.5) is 35.1 Å². The highest BCUT2D eigenvalue weighted by molar-refractivity contribution is 7.22. The van der Waals surface area contributed by atoms with Gasteiger partial charge < -0.3 is 9.47 Å². The molecule has 3 rings (SSSR count). The molecule has 0 saturated carbocycles. The van der Waals surface area contributed by atoms with Crippen molar-refractivity contribution in [3.63, 3.8) is 0 Å². The number of hydrogen-bond acceptors (Lipinski definition) is 7. The maximum atomic E-state index is 13.9. The van der Waals surface area contributed by atoms with E-state index in [0.29, 0.717) is 4.70 Å². The van der Waals surface area contributed by atoms with Crippen LogP contribution in [0.1, 0.15) is 6.92 Å². The number of alkyl halides is 8. The molecule has 212 valence electrons. The van der Waals surface area contributed by atoms with Gasteiger partial charge in [-0.3, -0.25) is 0 Å². The lowest BCUT2D eigenvalue weighted by molar-refractivity contribution is -0.574. The molecule has 1 aromatic heterocycles. The fourth-order valence-corrected chi connectivity index (χ4v) is 3.97. The van der Waals surface area contributed by atoms with Gasteiger partial charge in [-0.2, -0.15) is 17.6 Å². The zero-order chi connectivity index (χ0) is 29.1. The van der Waals surface area contributed by atoms with Crippen LogP contribution in [0.15, 0.2) is 66.7 Å². The largest absolute Gasteiger partial charge is 0.496 e. The Bertz CT molecular complexity index is 1310. The maximum Gasteiger partial charge on any atom is 0.496 e. The number of ether oxygens (including phenoxy) is 5. The topological polar surface area (TPSA) is 63.2 Å². The zero-order valence-electron chi connectivity index (χ0n) is 19.7. The van der Waals surface area contributed by atoms with Gasteiger partial charge in [0.2, 0.25) is 0 Å². The Hall–Kier alpha value is -3.27. The van der Waals surface area contributed by atoms with Crippen LogP contribution in [0.25, 0.3) is 20.5 Å². The molecule has 0 amide bonds. The lowest BCUT2D eigenvalue weighted by Crippen LogP contribution is -2.46. The maximum absolute atomic E-state index is 13.9. The predicted molar refractivity (Wildman–Crippen MR) is 122 cm³/mol. The third kappa shape index (κ3) is 9.16. The second-order valence-electron chi connectivity index (χ2n) is 7.83. The van der Waals surface area contributed by atoms with Crippen molar-refractivity contribution in [3.8, 4) is 16.2 Å². The van der Waals surface area contributed by atoms with Crippen molar-refractivity contribution in [3.05, 3.63) is 66.7 Å². The molecule has 0 aliphatic carbocycles. The molecule has 0 spiro atoms. The number of rotatable bonds is 13. The van der Waals surface area contributed by atoms with E-state index in [1.54, 1.807) is 0 Å². The van der Waals surface area contributed by atoms with Gasteiger partial charge in [0.1, 0.15) is 5.75 Å². The van der Waals surface area contributed by atoms with Crippen molar-refractivity contribution >= 4 is 27.4 Å². The monoisotopic (exact) mass is 586 g/mol. The van der Waals surface area contributed by atoms with E-state index in [2.05, 4.69) is 25.5 Å². The molecule has 0 saturated heterocycles. The van der Waals surface area contributed by atoms with Crippen molar-refractivity contribution in [2.45, 2.75) is 31.7 Å². The number of benzene rings is 2. The standard InChI is InChI=1S/C24H18F8O6S/c1-14(2)20(33)35-13-22(27,28)37-24(31,32)38-23(29,30)36-21(25,26)12-34-17-9-8-16-10-18(39-19(16)11-17)15-6-4-3-5-7-15/h3-11H,1,12-13H2,2H3. The summed E-state index contributed by atoms with van der Waals surface area (Å²) in [5.41, 5.74) is 0.514. The molecule has 0 fully saturated rings. The van der Waals surface area contributed by atoms with Gasteiger partial charge >= 0.3 is 30.8 Å². The van der Waals surface area contributed by atoms with Crippen LogP contribution in [0, 0.1) is 0 Å². The van der Waals surface area contributed by atoms with Gasteiger partial charge in [-0.25, -0.2) is 19.0 Å². The molecular weight excluding hydrogens is 568 g/mol. The van der Waals surface area contributed by atoms with Crippen LogP contribution in [0.3, 0.4) is 0 Å². The summed E-state index contributed by atoms with van der Waals surface area (Å²) in [6.07, 6.45) is -21.7. The Morgan fingerprint density at radius 1 is 0.821 bits per heavy atom. The van der Waals surface area contributed by atoms with Crippen molar-refractivity contribution in [1.29, 1.82) is 0 Å². The van der Waals surface area contributed by atoms with Gasteiger partial charge in [-0.15, -0.1) is 28.9 Å². The summed E-state index contributed by atoms with van der Waals surface area (Å²) in [5.74, 6) is -1.61. The van der Waals surface area contributed by atoms with E-state index < -0.39 is 44.0 Å². The third-order valence-corrected chi connectivity index (χ3v) is 5.60. The number of hydrogen-bond donors (Lipinski definition) is 0. The molecule has 0 aliphatic rings. The van der Waals surface area contributed by atoms with E-state index in [0.717, 1.165) is 22.8 Å². The van der Waals surface area contributed by atoms with E-state index in [1.165, 1.54) is 29.5 Å². The zero-order valence-corrected chi connectivity index (χ0v) is 20.5. The number of carbonyl (C=O) groups excluding carboxylic acids is 1. The van der Waals surface area contributed by atoms with Crippen LogP contribution >= 0.6 is 11.3 Å². The van der Waals surface area contributed by atoms with Crippen molar-refractivity contribution in [2.75, 3.05) is 13.2 Å². The number of halogens is 8. The molecule has 0 bridgehead atoms. The highest BCUT2D eigenvalue weighted by Crippen LogP contribution is 2.38. The molecule has 0 atom stereocenters. The number of thiophene rings is 1. The SMILES string of the molecule is C=C(C)C(=O)OCC(F)(F)OC(F)(F)OC(F)(F)OC(F)(F)COc1ccc2cc(-c3ccccc3)sc2c1. The quantitative estimate of drug-likeness (QED) is 0.0901. The minimum absolute atomic E-state index is 0.186. The fourth-order valence-electron chi connectivity index (χ4n) is 2.87. The van der Waals surface area contributed by atoms with Crippen LogP contribution in [-0.2, 0) is 23.7 Å². The van der Waals surface area contributed by atoms with Crippen LogP contribution < -0.4 is 4.74 Å². The van der Waals surface area contributed by atoms with Gasteiger partial charge in [0.25, 0.3) is 0 Å². The molecule has 6 nitrogen and oxygen atoms in total. The summed E-state index contributed by atoms with van der Waals surface area (Å²) in [6, 6.07) is 15.2. The molecule has 0 aliphatic heterocycles. The normalized spacial score (nSPS) is 12.9. The first-order valence-corrected chi connectivity index (χ1v) is 11.4. The first kappa shape index (κ1) is 30.3. The van der Waals surface area contributed by atoms with Crippen LogP contribution in [-0.4, -0.2) is 44.0 Å². The van der Waals surface area contributed by atoms with Gasteiger partial charge in [0.15, 0.2) is 13.2 Å². The van der Waals surface area contributed by atoms with E-state index in [9.17, 15) is 39.9 Å². The Kier molecular flexibility index (Phi) is 8.89. The molecule has 0 unspecified atom stereocenters. The van der Waals surface area contributed by atoms with Crippen LogP contribution in [0.2, 0.25) is 0 Å². The lowest BCUT2D eigenvalue weighted by atomic mass is 10.1. The Balaban J connectivity index is 1.58. The Morgan fingerprint density at radius 3 is 2.00 bits per heavy atom. The average molecular weight is 586 g/mol. The first-order chi connectivity index (χ1) is 18.0. The summed E-state index contributed by atoms with van der Waals surface area (Å²) in [5, 5.41) is 0.738. The van der Waals surface area contributed by atoms with E-state index in [1.807, 2.05) is 36.4 Å². The molecule has 3 aromatic rings. The van der Waals surface area contributed by atoms with Gasteiger partial charge in [-0.05, 0) is 42.1 Å². The number of esters is 1. The smallest absolute Gasteiger partial charge is 0.484 e. The first-order valence-electron chi connectivity index (χ1n) is 10.6. The third-order valence-electron chi connectivity index (χ3n) is 4.45. The van der Waals surface area contributed by atoms with E-state index >= 15 is 0 Å². The second-order valence-corrected chi connectivity index (χ2v) is 8.91. The van der Waals surface area contributed by atoms with Crippen molar-refractivity contribution in [2.24, 2.45) is 0 Å². The molecule has 0 radical (unpaired) electrons. The second kappa shape index (κ2) is 11.5. The molecule has 39 heavy (non-hydrogen) atoms. The molecule has 2 aromatic carbocycles. The summed E-state index contributed by atoms with van der Waals surface area (Å²) < 4.78 is 127. The summed E-state index contributed by atoms with van der Waals surface area (Å²) in [7, 11) is 0. The predicted octanol–water partition coefficient (Wildman–Crippen LogP) is 7.40. The molecular formula is C24H18F8O6S. The minimum atomic E-state index is -5.86. The number of fused-ring (bicyclic) bond motifs is 1. The summed E-state index contributed by atoms with van der Waals surface area (Å²) in [4.78, 5) is 11.9. The van der Waals surface area contributed by atoms with Crippen LogP contribution in [0.5, 0.6) is 5.75 Å². The Labute approximate surface area is 219 Å². The Morgan fingerprint density at radius 2 is 1.41 bits per heavy atom. The van der Waals surface area contributed by atoms with E-state index in [-0.39, 0.29) is 11.3 Å². The molecule has 1 heterocycles. The highest BCUT2D eigenvalue weighted by atomic mass is 32.1. The van der Waals surface area contributed by atoms with Gasteiger partial charge in [-0.1, -0.05) is 36.9 Å². The summed E-state index contributed by atoms with van der Waals surface area (Å²) in [6.45, 7) is 0.0636. The fraction of sp³-hybridized carbons (Fsp3) is 0.292. The molecule has 15 heteroatoms. The minimum Gasteiger partial charge on any atom is -0.484 e. The van der Waals surface area contributed by atoms with Crippen molar-refractivity contribution < 1.29 is 63.6 Å². The lowest BCUT2D eigenvalue weighted by Gasteiger charge is -2.27. The average Bonchev–Trinajstić information content (AvgIpc) is 3.23. The number of carbonyl (C=O) groups is 1. The van der Waals surface area contributed by atoms with Gasteiger partial charge in [0, 0.05) is 15.2 Å². The highest BCUT2D eigenvalue weighted by Gasteiger charge is 2.57.